The van der Waals surface area contributed by atoms with E-state index in [-0.39, 0.29) is 5.41 Å². The molecule has 3 aromatic heterocycles. The molecule has 278 valence electrons. The second-order valence-electron chi connectivity index (χ2n) is 16.0. The second kappa shape index (κ2) is 12.9. The first kappa shape index (κ1) is 33.9. The lowest BCUT2D eigenvalue weighted by Gasteiger charge is -2.21. The molecule has 0 radical (unpaired) electrons. The molecule has 0 saturated carbocycles. The molecule has 0 unspecified atom stereocenters. The van der Waals surface area contributed by atoms with Crippen molar-refractivity contribution >= 4 is 53.3 Å². The Kier molecular flexibility index (Phi) is 7.41. The fourth-order valence-electron chi connectivity index (χ4n) is 9.40. The first-order valence-corrected chi connectivity index (χ1v) is 20.9. The van der Waals surface area contributed by atoms with Crippen LogP contribution in [0.1, 0.15) is 25.0 Å². The molecule has 0 saturated heterocycles. The molecule has 0 bridgehead atoms. The molecule has 1 aliphatic rings. The van der Waals surface area contributed by atoms with Gasteiger partial charge < -0.3 is 4.57 Å². The minimum atomic E-state index is -0.110. The SMILES string of the molecule is CC1(C)c2ccccc2-c2cc3c4ccccc4n(-c4cccc(-c5nc(-c6ccccc6)nc(-c6ccc7c(c6)sc6cccc(-c8ccccc8)c67)n5)c4)c3cc21. The van der Waals surface area contributed by atoms with Gasteiger partial charge in [0.05, 0.1) is 11.0 Å². The average Bonchev–Trinajstić information content (AvgIpc) is 3.91. The van der Waals surface area contributed by atoms with E-state index in [1.54, 1.807) is 0 Å². The summed E-state index contributed by atoms with van der Waals surface area (Å²) in [5.74, 6) is 1.93. The van der Waals surface area contributed by atoms with Gasteiger partial charge in [-0.05, 0) is 75.8 Å². The average molecular weight is 773 g/mol. The lowest BCUT2D eigenvalue weighted by atomic mass is 9.82. The minimum absolute atomic E-state index is 0.110. The molecule has 5 heteroatoms. The van der Waals surface area contributed by atoms with E-state index in [1.807, 2.05) is 29.5 Å². The number of benzene rings is 8. The van der Waals surface area contributed by atoms with Gasteiger partial charge in [-0.15, -0.1) is 11.3 Å². The van der Waals surface area contributed by atoms with Crippen LogP contribution in [-0.2, 0) is 5.41 Å². The Morgan fingerprint density at radius 3 is 1.86 bits per heavy atom. The summed E-state index contributed by atoms with van der Waals surface area (Å²) in [5, 5.41) is 5.01. The van der Waals surface area contributed by atoms with E-state index in [1.165, 1.54) is 75.4 Å². The maximum Gasteiger partial charge on any atom is 0.164 e. The van der Waals surface area contributed by atoms with E-state index in [2.05, 4.69) is 182 Å². The van der Waals surface area contributed by atoms with Gasteiger partial charge in [-0.1, -0.05) is 153 Å². The fraction of sp³-hybridized carbons (Fsp3) is 0.0556. The molecule has 3 heterocycles. The molecule has 0 spiro atoms. The number of thiophene rings is 1. The van der Waals surface area contributed by atoms with Crippen LogP contribution in [-0.4, -0.2) is 19.5 Å². The molecule has 59 heavy (non-hydrogen) atoms. The Bertz CT molecular complexity index is 3470. The number of hydrogen-bond donors (Lipinski definition) is 0. The molecule has 11 aromatic rings. The molecule has 1 aliphatic carbocycles. The molecule has 12 rings (SSSR count). The lowest BCUT2D eigenvalue weighted by Crippen LogP contribution is -2.14. The maximum atomic E-state index is 5.23. The first-order chi connectivity index (χ1) is 29.0. The Morgan fingerprint density at radius 1 is 0.407 bits per heavy atom. The van der Waals surface area contributed by atoms with Crippen LogP contribution in [0.25, 0.3) is 104 Å². The van der Waals surface area contributed by atoms with Crippen molar-refractivity contribution in [2.24, 2.45) is 0 Å². The van der Waals surface area contributed by atoms with Crippen LogP contribution in [0.15, 0.2) is 182 Å². The van der Waals surface area contributed by atoms with E-state index in [4.69, 9.17) is 15.0 Å². The van der Waals surface area contributed by atoms with Crippen LogP contribution in [0.2, 0.25) is 0 Å². The van der Waals surface area contributed by atoms with Crippen molar-refractivity contribution in [2.75, 3.05) is 0 Å². The summed E-state index contributed by atoms with van der Waals surface area (Å²) in [5.41, 5.74) is 14.0. The zero-order valence-electron chi connectivity index (χ0n) is 32.5. The number of fused-ring (bicyclic) bond motifs is 9. The van der Waals surface area contributed by atoms with Crippen LogP contribution < -0.4 is 0 Å². The quantitative estimate of drug-likeness (QED) is 0.175. The van der Waals surface area contributed by atoms with E-state index in [0.717, 1.165) is 22.4 Å². The minimum Gasteiger partial charge on any atom is -0.309 e. The molecule has 4 nitrogen and oxygen atoms in total. The molecular weight excluding hydrogens is 737 g/mol. The standard InChI is InChI=1S/C54H36N4S/c1-54(2)44-24-11-9-21-39(44)42-31-43-40-22-10-12-25-46(40)58(47(43)32-45(42)54)37-20-13-19-35(29-37)52-55-51(34-17-7-4-8-18-34)56-53(57-52)36-27-28-41-49(30-36)59-48-26-14-23-38(50(41)48)33-15-5-3-6-16-33/h3-32H,1-2H3. The Morgan fingerprint density at radius 2 is 1.05 bits per heavy atom. The molecular formula is C54H36N4S. The van der Waals surface area contributed by atoms with Gasteiger partial charge in [0.15, 0.2) is 17.5 Å². The van der Waals surface area contributed by atoms with E-state index in [0.29, 0.717) is 17.5 Å². The number of para-hydroxylation sites is 1. The predicted molar refractivity (Wildman–Crippen MR) is 246 cm³/mol. The monoisotopic (exact) mass is 772 g/mol. The Hall–Kier alpha value is -7.21. The normalized spacial score (nSPS) is 13.1. The first-order valence-electron chi connectivity index (χ1n) is 20.1. The van der Waals surface area contributed by atoms with E-state index in [9.17, 15) is 0 Å². The maximum absolute atomic E-state index is 5.23. The third kappa shape index (κ3) is 5.25. The smallest absolute Gasteiger partial charge is 0.164 e. The van der Waals surface area contributed by atoms with Gasteiger partial charge in [0.25, 0.3) is 0 Å². The number of hydrogen-bond acceptors (Lipinski definition) is 4. The van der Waals surface area contributed by atoms with Crippen LogP contribution in [0.4, 0.5) is 0 Å². The summed E-state index contributed by atoms with van der Waals surface area (Å²) in [6.45, 7) is 4.70. The van der Waals surface area contributed by atoms with E-state index < -0.39 is 0 Å². The van der Waals surface area contributed by atoms with Crippen molar-refractivity contribution in [3.8, 4) is 62.1 Å². The van der Waals surface area contributed by atoms with Crippen molar-refractivity contribution < 1.29 is 0 Å². The van der Waals surface area contributed by atoms with Gasteiger partial charge in [0.2, 0.25) is 0 Å². The summed E-state index contributed by atoms with van der Waals surface area (Å²) in [6.07, 6.45) is 0. The molecule has 0 fully saturated rings. The highest BCUT2D eigenvalue weighted by molar-refractivity contribution is 7.26. The van der Waals surface area contributed by atoms with Gasteiger partial charge in [0.1, 0.15) is 0 Å². The lowest BCUT2D eigenvalue weighted by molar-refractivity contribution is 0.661. The predicted octanol–water partition coefficient (Wildman–Crippen LogP) is 14.3. The molecule has 0 amide bonds. The summed E-state index contributed by atoms with van der Waals surface area (Å²) < 4.78 is 4.88. The molecule has 0 N–H and O–H groups in total. The largest absolute Gasteiger partial charge is 0.309 e. The van der Waals surface area contributed by atoms with Crippen LogP contribution in [0.3, 0.4) is 0 Å². The summed E-state index contributed by atoms with van der Waals surface area (Å²) in [7, 11) is 0. The van der Waals surface area contributed by atoms with Gasteiger partial charge in [-0.3, -0.25) is 0 Å². The zero-order chi connectivity index (χ0) is 39.2. The third-order valence-electron chi connectivity index (χ3n) is 12.2. The highest BCUT2D eigenvalue weighted by Crippen LogP contribution is 2.51. The van der Waals surface area contributed by atoms with Crippen molar-refractivity contribution in [1.29, 1.82) is 0 Å². The summed E-state index contributed by atoms with van der Waals surface area (Å²) in [6, 6.07) is 65.3. The summed E-state index contributed by atoms with van der Waals surface area (Å²) in [4.78, 5) is 15.5. The number of nitrogens with zero attached hydrogens (tertiary/aromatic N) is 4. The number of aromatic nitrogens is 4. The fourth-order valence-corrected chi connectivity index (χ4v) is 10.6. The van der Waals surface area contributed by atoms with Crippen LogP contribution in [0.5, 0.6) is 0 Å². The van der Waals surface area contributed by atoms with Gasteiger partial charge in [0, 0.05) is 58.7 Å². The van der Waals surface area contributed by atoms with Crippen molar-refractivity contribution in [1.82, 2.24) is 19.5 Å². The highest BCUT2D eigenvalue weighted by Gasteiger charge is 2.36. The third-order valence-corrected chi connectivity index (χ3v) is 13.4. The topological polar surface area (TPSA) is 43.6 Å². The van der Waals surface area contributed by atoms with Gasteiger partial charge in [-0.2, -0.15) is 0 Å². The van der Waals surface area contributed by atoms with Gasteiger partial charge >= 0.3 is 0 Å². The van der Waals surface area contributed by atoms with E-state index >= 15 is 0 Å². The molecule has 0 atom stereocenters. The Balaban J connectivity index is 1.02. The van der Waals surface area contributed by atoms with Crippen LogP contribution in [0, 0.1) is 0 Å². The number of rotatable bonds is 5. The van der Waals surface area contributed by atoms with Crippen molar-refractivity contribution in [3.05, 3.63) is 193 Å². The van der Waals surface area contributed by atoms with Crippen molar-refractivity contribution in [3.63, 3.8) is 0 Å². The zero-order valence-corrected chi connectivity index (χ0v) is 33.3. The Labute approximate surface area is 345 Å². The second-order valence-corrected chi connectivity index (χ2v) is 17.1. The van der Waals surface area contributed by atoms with Crippen molar-refractivity contribution in [2.45, 2.75) is 19.3 Å². The molecule has 8 aromatic carbocycles. The highest BCUT2D eigenvalue weighted by atomic mass is 32.1. The van der Waals surface area contributed by atoms with Gasteiger partial charge in [-0.25, -0.2) is 15.0 Å². The summed E-state index contributed by atoms with van der Waals surface area (Å²) >= 11 is 1.81. The molecule has 0 aliphatic heterocycles. The van der Waals surface area contributed by atoms with Crippen LogP contribution >= 0.6 is 11.3 Å².